The number of ether oxygens (including phenoxy) is 1. The van der Waals surface area contributed by atoms with Gasteiger partial charge in [0.25, 0.3) is 5.91 Å². The van der Waals surface area contributed by atoms with Crippen molar-refractivity contribution >= 4 is 11.8 Å². The van der Waals surface area contributed by atoms with Crippen LogP contribution in [-0.2, 0) is 9.53 Å². The van der Waals surface area contributed by atoms with Gasteiger partial charge in [-0.1, -0.05) is 12.1 Å². The van der Waals surface area contributed by atoms with E-state index in [1.54, 1.807) is 11.8 Å². The van der Waals surface area contributed by atoms with Crippen LogP contribution in [0, 0.1) is 0 Å². The molecule has 0 saturated carbocycles. The molecule has 2 fully saturated rings. The van der Waals surface area contributed by atoms with E-state index in [0.29, 0.717) is 24.6 Å². The van der Waals surface area contributed by atoms with Crippen molar-refractivity contribution in [2.75, 3.05) is 26.3 Å². The topological polar surface area (TPSA) is 58.6 Å². The third-order valence-electron chi connectivity index (χ3n) is 4.83. The quantitative estimate of drug-likeness (QED) is 0.907. The van der Waals surface area contributed by atoms with Crippen LogP contribution in [0.2, 0.25) is 0 Å². The third kappa shape index (κ3) is 3.55. The van der Waals surface area contributed by atoms with Crippen molar-refractivity contribution in [2.24, 2.45) is 0 Å². The number of hydrogen-bond donors (Lipinski definition) is 1. The number of nitrogens with one attached hydrogen (secondary N) is 1. The Hall–Kier alpha value is -1.88. The molecule has 5 nitrogen and oxygen atoms in total. The Bertz CT molecular complexity index is 564. The zero-order valence-corrected chi connectivity index (χ0v) is 13.6. The molecule has 0 aromatic heterocycles. The Morgan fingerprint density at radius 1 is 1.22 bits per heavy atom. The SMILES string of the molecule is CC1C(=O)NCCCN1C(=O)c1ccc(C2CCOCC2)cc1. The number of carbonyl (C=O) groups excluding carboxylic acids is 2. The lowest BCUT2D eigenvalue weighted by Gasteiger charge is -2.26. The largest absolute Gasteiger partial charge is 0.381 e. The molecule has 124 valence electrons. The summed E-state index contributed by atoms with van der Waals surface area (Å²) >= 11 is 0. The van der Waals surface area contributed by atoms with E-state index in [4.69, 9.17) is 4.74 Å². The van der Waals surface area contributed by atoms with Crippen LogP contribution in [0.25, 0.3) is 0 Å². The lowest BCUT2D eigenvalue weighted by atomic mass is 9.91. The molecule has 1 unspecified atom stereocenters. The minimum absolute atomic E-state index is 0.0620. The maximum Gasteiger partial charge on any atom is 0.254 e. The number of rotatable bonds is 2. The van der Waals surface area contributed by atoms with E-state index in [1.165, 1.54) is 5.56 Å². The summed E-state index contributed by atoms with van der Waals surface area (Å²) in [6, 6.07) is 7.46. The van der Waals surface area contributed by atoms with Crippen LogP contribution < -0.4 is 5.32 Å². The Morgan fingerprint density at radius 2 is 1.91 bits per heavy atom. The molecule has 1 atom stereocenters. The second kappa shape index (κ2) is 7.13. The lowest BCUT2D eigenvalue weighted by Crippen LogP contribution is -2.45. The van der Waals surface area contributed by atoms with Crippen LogP contribution in [0.3, 0.4) is 0 Å². The molecule has 0 bridgehead atoms. The van der Waals surface area contributed by atoms with Gasteiger partial charge in [0.2, 0.25) is 5.91 Å². The second-order valence-electron chi connectivity index (χ2n) is 6.33. The maximum absolute atomic E-state index is 12.7. The van der Waals surface area contributed by atoms with Crippen LogP contribution in [0.1, 0.15) is 48.0 Å². The molecule has 23 heavy (non-hydrogen) atoms. The van der Waals surface area contributed by atoms with Crippen LogP contribution in [-0.4, -0.2) is 49.1 Å². The first-order valence-corrected chi connectivity index (χ1v) is 8.43. The minimum atomic E-state index is -0.417. The highest BCUT2D eigenvalue weighted by Gasteiger charge is 2.28. The van der Waals surface area contributed by atoms with Crippen molar-refractivity contribution in [1.82, 2.24) is 10.2 Å². The van der Waals surface area contributed by atoms with Gasteiger partial charge in [0.15, 0.2) is 0 Å². The molecule has 5 heteroatoms. The third-order valence-corrected chi connectivity index (χ3v) is 4.83. The molecule has 2 amide bonds. The molecule has 2 saturated heterocycles. The molecule has 2 aliphatic rings. The van der Waals surface area contributed by atoms with Crippen LogP contribution in [0.4, 0.5) is 0 Å². The average Bonchev–Trinajstić information content (AvgIpc) is 2.77. The Morgan fingerprint density at radius 3 is 2.61 bits per heavy atom. The summed E-state index contributed by atoms with van der Waals surface area (Å²) < 4.78 is 5.40. The van der Waals surface area contributed by atoms with Crippen molar-refractivity contribution < 1.29 is 14.3 Å². The van der Waals surface area contributed by atoms with Crippen molar-refractivity contribution in [3.8, 4) is 0 Å². The van der Waals surface area contributed by atoms with Gasteiger partial charge in [-0.3, -0.25) is 9.59 Å². The van der Waals surface area contributed by atoms with Gasteiger partial charge < -0.3 is 15.0 Å². The van der Waals surface area contributed by atoms with Gasteiger partial charge in [-0.2, -0.15) is 0 Å². The monoisotopic (exact) mass is 316 g/mol. The van der Waals surface area contributed by atoms with Gasteiger partial charge in [0.05, 0.1) is 0 Å². The molecule has 1 N–H and O–H groups in total. The number of carbonyl (C=O) groups is 2. The van der Waals surface area contributed by atoms with E-state index in [0.717, 1.165) is 32.5 Å². The highest BCUT2D eigenvalue weighted by Crippen LogP contribution is 2.27. The van der Waals surface area contributed by atoms with E-state index in [9.17, 15) is 9.59 Å². The molecule has 0 spiro atoms. The Kier molecular flexibility index (Phi) is 4.96. The van der Waals surface area contributed by atoms with E-state index in [1.807, 2.05) is 24.3 Å². The van der Waals surface area contributed by atoms with Crippen LogP contribution >= 0.6 is 0 Å². The zero-order chi connectivity index (χ0) is 16.2. The summed E-state index contributed by atoms with van der Waals surface area (Å²) in [7, 11) is 0. The van der Waals surface area contributed by atoms with Crippen molar-refractivity contribution in [1.29, 1.82) is 0 Å². The molecule has 1 aromatic rings. The number of benzene rings is 1. The van der Waals surface area contributed by atoms with E-state index >= 15 is 0 Å². The van der Waals surface area contributed by atoms with E-state index < -0.39 is 6.04 Å². The Labute approximate surface area is 137 Å². The Balaban J connectivity index is 1.72. The predicted octanol–water partition coefficient (Wildman–Crippen LogP) is 1.93. The van der Waals surface area contributed by atoms with Crippen LogP contribution in [0.15, 0.2) is 24.3 Å². The lowest BCUT2D eigenvalue weighted by molar-refractivity contribution is -0.124. The number of hydrogen-bond acceptors (Lipinski definition) is 3. The maximum atomic E-state index is 12.7. The van der Waals surface area contributed by atoms with Crippen molar-refractivity contribution in [3.05, 3.63) is 35.4 Å². The fraction of sp³-hybridized carbons (Fsp3) is 0.556. The summed E-state index contributed by atoms with van der Waals surface area (Å²) in [5.41, 5.74) is 1.92. The van der Waals surface area contributed by atoms with Gasteiger partial charge >= 0.3 is 0 Å². The summed E-state index contributed by atoms with van der Waals surface area (Å²) in [5.74, 6) is 0.388. The summed E-state index contributed by atoms with van der Waals surface area (Å²) in [6.45, 7) is 4.66. The van der Waals surface area contributed by atoms with E-state index in [2.05, 4.69) is 5.32 Å². The smallest absolute Gasteiger partial charge is 0.254 e. The van der Waals surface area contributed by atoms with Gasteiger partial charge in [-0.25, -0.2) is 0 Å². The van der Waals surface area contributed by atoms with Gasteiger partial charge in [0, 0.05) is 31.9 Å². The zero-order valence-electron chi connectivity index (χ0n) is 13.6. The second-order valence-corrected chi connectivity index (χ2v) is 6.33. The molecule has 0 radical (unpaired) electrons. The van der Waals surface area contributed by atoms with Crippen molar-refractivity contribution in [2.45, 2.75) is 38.1 Å². The molecule has 2 aliphatic heterocycles. The summed E-state index contributed by atoms with van der Waals surface area (Å²) in [4.78, 5) is 26.3. The molecule has 1 aromatic carbocycles. The van der Waals surface area contributed by atoms with Gasteiger partial charge in [-0.05, 0) is 49.8 Å². The highest BCUT2D eigenvalue weighted by molar-refractivity contribution is 5.97. The summed E-state index contributed by atoms with van der Waals surface area (Å²) in [5, 5.41) is 2.84. The van der Waals surface area contributed by atoms with Crippen molar-refractivity contribution in [3.63, 3.8) is 0 Å². The predicted molar refractivity (Wildman–Crippen MR) is 87.4 cm³/mol. The standard InChI is InChI=1S/C18H24N2O3/c1-13-17(21)19-9-2-10-20(13)18(22)16-5-3-14(4-6-16)15-7-11-23-12-8-15/h3-6,13,15H,2,7-12H2,1H3,(H,19,21). The van der Waals surface area contributed by atoms with Gasteiger partial charge in [-0.15, -0.1) is 0 Å². The molecular formula is C18H24N2O3. The fourth-order valence-corrected chi connectivity index (χ4v) is 3.32. The van der Waals surface area contributed by atoms with Gasteiger partial charge in [0.1, 0.15) is 6.04 Å². The van der Waals surface area contributed by atoms with E-state index in [-0.39, 0.29) is 11.8 Å². The highest BCUT2D eigenvalue weighted by atomic mass is 16.5. The first-order chi connectivity index (χ1) is 11.2. The minimum Gasteiger partial charge on any atom is -0.381 e. The normalized spacial score (nSPS) is 23.3. The molecule has 2 heterocycles. The number of nitrogens with zero attached hydrogens (tertiary/aromatic N) is 1. The summed E-state index contributed by atoms with van der Waals surface area (Å²) in [6.07, 6.45) is 2.87. The van der Waals surface area contributed by atoms with Crippen LogP contribution in [0.5, 0.6) is 0 Å². The average molecular weight is 316 g/mol. The molecule has 3 rings (SSSR count). The molecular weight excluding hydrogens is 292 g/mol. The number of amides is 2. The molecule has 0 aliphatic carbocycles. The first kappa shape index (κ1) is 16.0. The fourth-order valence-electron chi connectivity index (χ4n) is 3.32. The first-order valence-electron chi connectivity index (χ1n) is 8.43.